The zero-order valence-electron chi connectivity index (χ0n) is 21.6. The summed E-state index contributed by atoms with van der Waals surface area (Å²) in [5.74, 6) is -0.724. The smallest absolute Gasteiger partial charge is 0.337 e. The lowest BCUT2D eigenvalue weighted by Gasteiger charge is -2.19. The van der Waals surface area contributed by atoms with Gasteiger partial charge in [-0.1, -0.05) is 38.1 Å². The van der Waals surface area contributed by atoms with Crippen molar-refractivity contribution >= 4 is 45.6 Å². The van der Waals surface area contributed by atoms with Crippen LogP contribution < -0.4 is 10.6 Å². The van der Waals surface area contributed by atoms with Crippen molar-refractivity contribution in [2.75, 3.05) is 30.8 Å². The van der Waals surface area contributed by atoms with E-state index in [4.69, 9.17) is 4.74 Å². The van der Waals surface area contributed by atoms with E-state index in [2.05, 4.69) is 51.5 Å². The molecule has 0 saturated heterocycles. The van der Waals surface area contributed by atoms with Gasteiger partial charge in [-0.05, 0) is 55.1 Å². The minimum atomic E-state index is -0.462. The Balaban J connectivity index is 1.59. The number of nitrogens with one attached hydrogen (secondary N) is 2. The molecule has 8 heteroatoms. The van der Waals surface area contributed by atoms with Crippen molar-refractivity contribution in [1.82, 2.24) is 14.9 Å². The first kappa shape index (κ1) is 25.1. The second-order valence-electron chi connectivity index (χ2n) is 9.00. The molecule has 4 aromatic rings. The summed E-state index contributed by atoms with van der Waals surface area (Å²) in [6, 6.07) is 19.0. The molecule has 0 aliphatic carbocycles. The van der Waals surface area contributed by atoms with Crippen LogP contribution in [0.2, 0.25) is 0 Å². The van der Waals surface area contributed by atoms with Gasteiger partial charge in [0.1, 0.15) is 0 Å². The van der Waals surface area contributed by atoms with Crippen LogP contribution in [0, 0.1) is 0 Å². The number of carbonyl (C=O) groups excluding carboxylic acids is 2. The molecule has 192 valence electrons. The molecule has 1 aromatic heterocycles. The Bertz CT molecular complexity index is 1540. The van der Waals surface area contributed by atoms with Gasteiger partial charge in [0.25, 0.3) is 5.91 Å². The fraction of sp³-hybridized carbons (Fsp3) is 0.200. The van der Waals surface area contributed by atoms with Crippen molar-refractivity contribution in [3.63, 3.8) is 0 Å². The highest BCUT2D eigenvalue weighted by Gasteiger charge is 2.29. The Morgan fingerprint density at radius 1 is 0.921 bits per heavy atom. The van der Waals surface area contributed by atoms with E-state index in [1.54, 1.807) is 30.6 Å². The molecule has 1 amide bonds. The first-order valence-electron chi connectivity index (χ1n) is 12.6. The van der Waals surface area contributed by atoms with E-state index >= 15 is 0 Å². The van der Waals surface area contributed by atoms with Gasteiger partial charge in [-0.25, -0.2) is 4.79 Å². The van der Waals surface area contributed by atoms with Crippen LogP contribution in [-0.4, -0.2) is 46.9 Å². The number of benzene rings is 3. The molecule has 0 radical (unpaired) electrons. The topological polar surface area (TPSA) is 96.5 Å². The fourth-order valence-corrected chi connectivity index (χ4v) is 4.61. The quantitative estimate of drug-likeness (QED) is 0.250. The SMILES string of the molecule is CCN(CC)Cc1ccc(N/C(=C2\C(=O)Nc3cc(C(=O)OC)ccc32)c2ccc3nccnc3c2)cc1. The van der Waals surface area contributed by atoms with Crippen LogP contribution in [0.4, 0.5) is 11.4 Å². The van der Waals surface area contributed by atoms with Gasteiger partial charge in [0.15, 0.2) is 0 Å². The van der Waals surface area contributed by atoms with Crippen LogP contribution in [0.25, 0.3) is 22.3 Å². The molecule has 1 aliphatic heterocycles. The number of methoxy groups -OCH3 is 1. The van der Waals surface area contributed by atoms with Gasteiger partial charge in [-0.2, -0.15) is 0 Å². The minimum absolute atomic E-state index is 0.262. The van der Waals surface area contributed by atoms with E-state index in [0.717, 1.165) is 41.9 Å². The molecule has 0 unspecified atom stereocenters. The number of hydrogen-bond donors (Lipinski definition) is 2. The normalized spacial score (nSPS) is 13.8. The number of ether oxygens (including phenoxy) is 1. The number of aromatic nitrogens is 2. The summed E-state index contributed by atoms with van der Waals surface area (Å²) in [6.45, 7) is 7.17. The van der Waals surface area contributed by atoms with Crippen LogP contribution in [0.3, 0.4) is 0 Å². The van der Waals surface area contributed by atoms with Gasteiger partial charge in [-0.15, -0.1) is 0 Å². The zero-order chi connectivity index (χ0) is 26.6. The van der Waals surface area contributed by atoms with Crippen LogP contribution in [0.15, 0.2) is 73.1 Å². The predicted octanol–water partition coefficient (Wildman–Crippen LogP) is 5.19. The molecule has 0 saturated carbocycles. The van der Waals surface area contributed by atoms with Crippen LogP contribution >= 0.6 is 0 Å². The molecule has 2 heterocycles. The number of esters is 1. The molecular formula is C30H29N5O3. The van der Waals surface area contributed by atoms with Crippen LogP contribution in [-0.2, 0) is 16.1 Å². The zero-order valence-corrected chi connectivity index (χ0v) is 21.6. The maximum Gasteiger partial charge on any atom is 0.337 e. The van der Waals surface area contributed by atoms with E-state index in [-0.39, 0.29) is 5.91 Å². The van der Waals surface area contributed by atoms with Crippen molar-refractivity contribution in [3.05, 3.63) is 95.3 Å². The van der Waals surface area contributed by atoms with E-state index in [9.17, 15) is 9.59 Å². The van der Waals surface area contributed by atoms with E-state index < -0.39 is 5.97 Å². The van der Waals surface area contributed by atoms with Crippen LogP contribution in [0.1, 0.15) is 40.9 Å². The van der Waals surface area contributed by atoms with Crippen molar-refractivity contribution in [1.29, 1.82) is 0 Å². The molecule has 0 spiro atoms. The summed E-state index contributed by atoms with van der Waals surface area (Å²) in [5, 5.41) is 6.40. The number of carbonyl (C=O) groups is 2. The number of rotatable bonds is 8. The van der Waals surface area contributed by atoms with Gasteiger partial charge in [0.05, 0.1) is 40.7 Å². The third-order valence-electron chi connectivity index (χ3n) is 6.72. The Morgan fingerprint density at radius 3 is 2.34 bits per heavy atom. The fourth-order valence-electron chi connectivity index (χ4n) is 4.61. The highest BCUT2D eigenvalue weighted by atomic mass is 16.5. The van der Waals surface area contributed by atoms with Crippen molar-refractivity contribution in [3.8, 4) is 0 Å². The lowest BCUT2D eigenvalue weighted by atomic mass is 9.98. The van der Waals surface area contributed by atoms with Gasteiger partial charge < -0.3 is 15.4 Å². The highest BCUT2D eigenvalue weighted by molar-refractivity contribution is 6.37. The van der Waals surface area contributed by atoms with E-state index in [1.807, 2.05) is 30.3 Å². The summed E-state index contributed by atoms with van der Waals surface area (Å²) in [6.07, 6.45) is 3.30. The van der Waals surface area contributed by atoms with Gasteiger partial charge in [0.2, 0.25) is 0 Å². The van der Waals surface area contributed by atoms with Crippen LogP contribution in [0.5, 0.6) is 0 Å². The molecule has 38 heavy (non-hydrogen) atoms. The lowest BCUT2D eigenvalue weighted by Crippen LogP contribution is -2.22. The Morgan fingerprint density at radius 2 is 1.63 bits per heavy atom. The third kappa shape index (κ3) is 4.99. The maximum atomic E-state index is 13.3. The summed E-state index contributed by atoms with van der Waals surface area (Å²) in [5.41, 5.74) is 7.08. The molecule has 1 aliphatic rings. The average molecular weight is 508 g/mol. The van der Waals surface area contributed by atoms with Gasteiger partial charge in [-0.3, -0.25) is 19.7 Å². The van der Waals surface area contributed by atoms with Gasteiger partial charge in [0, 0.05) is 35.8 Å². The monoisotopic (exact) mass is 507 g/mol. The molecular weight excluding hydrogens is 478 g/mol. The number of fused-ring (bicyclic) bond motifs is 2. The molecule has 5 rings (SSSR count). The van der Waals surface area contributed by atoms with E-state index in [1.165, 1.54) is 12.7 Å². The standard InChI is InChI=1S/C30H29N5O3/c1-4-35(5-2)18-19-6-10-22(11-7-19)33-28(20-9-13-24-26(16-20)32-15-14-31-24)27-23-12-8-21(30(37)38-3)17-25(23)34-29(27)36/h6-17,33H,4-5,18H2,1-3H3,(H,34,36)/b28-27-. The Labute approximate surface area is 221 Å². The van der Waals surface area contributed by atoms with Crippen molar-refractivity contribution in [2.24, 2.45) is 0 Å². The molecule has 8 nitrogen and oxygen atoms in total. The summed E-state index contributed by atoms with van der Waals surface area (Å²) < 4.78 is 4.84. The number of anilines is 2. The largest absolute Gasteiger partial charge is 0.465 e. The first-order valence-corrected chi connectivity index (χ1v) is 12.6. The van der Waals surface area contributed by atoms with Crippen molar-refractivity contribution < 1.29 is 14.3 Å². The molecule has 3 aromatic carbocycles. The number of nitrogens with zero attached hydrogens (tertiary/aromatic N) is 3. The summed E-state index contributed by atoms with van der Waals surface area (Å²) in [4.78, 5) is 36.6. The number of amides is 1. The molecule has 0 bridgehead atoms. The molecule has 0 fully saturated rings. The second kappa shape index (κ2) is 10.8. The van der Waals surface area contributed by atoms with E-state index in [0.29, 0.717) is 28.1 Å². The highest BCUT2D eigenvalue weighted by Crippen LogP contribution is 2.38. The number of hydrogen-bond acceptors (Lipinski definition) is 7. The molecule has 2 N–H and O–H groups in total. The Hall–Kier alpha value is -4.56. The molecule has 0 atom stereocenters. The lowest BCUT2D eigenvalue weighted by molar-refractivity contribution is -0.110. The Kier molecular flexibility index (Phi) is 7.15. The summed E-state index contributed by atoms with van der Waals surface area (Å²) >= 11 is 0. The predicted molar refractivity (Wildman–Crippen MR) is 149 cm³/mol. The second-order valence-corrected chi connectivity index (χ2v) is 9.00. The van der Waals surface area contributed by atoms with Crippen molar-refractivity contribution in [2.45, 2.75) is 20.4 Å². The summed E-state index contributed by atoms with van der Waals surface area (Å²) in [7, 11) is 1.33. The third-order valence-corrected chi connectivity index (χ3v) is 6.72. The first-order chi connectivity index (χ1) is 18.5. The van der Waals surface area contributed by atoms with Gasteiger partial charge >= 0.3 is 5.97 Å². The maximum absolute atomic E-state index is 13.3. The average Bonchev–Trinajstić information content (AvgIpc) is 3.29. The minimum Gasteiger partial charge on any atom is -0.465 e.